The molecular weight excluding hydrogens is 532 g/mol. The first-order chi connectivity index (χ1) is 21.8. The van der Waals surface area contributed by atoms with Crippen LogP contribution in [0.4, 0.5) is 0 Å². The molecule has 0 saturated heterocycles. The van der Waals surface area contributed by atoms with Crippen LogP contribution in [-0.2, 0) is 6.42 Å². The van der Waals surface area contributed by atoms with Crippen LogP contribution < -0.4 is 0 Å². The molecule has 6 aromatic carbocycles. The molecule has 44 heavy (non-hydrogen) atoms. The highest BCUT2D eigenvalue weighted by Crippen LogP contribution is 2.38. The molecule has 0 spiro atoms. The van der Waals surface area contributed by atoms with Crippen molar-refractivity contribution in [3.05, 3.63) is 163 Å². The van der Waals surface area contributed by atoms with Crippen LogP contribution in [-0.4, -0.2) is 9.13 Å². The van der Waals surface area contributed by atoms with E-state index >= 15 is 0 Å². The van der Waals surface area contributed by atoms with Gasteiger partial charge in [0, 0.05) is 38.8 Å². The van der Waals surface area contributed by atoms with Crippen LogP contribution in [0.1, 0.15) is 17.7 Å². The van der Waals surface area contributed by atoms with Gasteiger partial charge in [-0.25, -0.2) is 0 Å². The fourth-order valence-corrected chi connectivity index (χ4v) is 7.18. The lowest BCUT2D eigenvalue weighted by molar-refractivity contribution is 0.889. The van der Waals surface area contributed by atoms with E-state index in [1.54, 1.807) is 0 Å². The summed E-state index contributed by atoms with van der Waals surface area (Å²) in [6.07, 6.45) is 6.75. The lowest BCUT2D eigenvalue weighted by atomic mass is 9.99. The van der Waals surface area contributed by atoms with Gasteiger partial charge in [0.1, 0.15) is 0 Å². The molecule has 208 valence electrons. The lowest BCUT2D eigenvalue weighted by Gasteiger charge is -2.14. The average Bonchev–Trinajstić information content (AvgIpc) is 3.61. The zero-order valence-corrected chi connectivity index (χ0v) is 24.3. The zero-order valence-electron chi connectivity index (χ0n) is 24.3. The van der Waals surface area contributed by atoms with E-state index in [9.17, 15) is 0 Å². The number of benzene rings is 6. The van der Waals surface area contributed by atoms with Crippen molar-refractivity contribution >= 4 is 38.8 Å². The van der Waals surface area contributed by atoms with Gasteiger partial charge >= 0.3 is 0 Å². The third kappa shape index (κ3) is 3.88. The Balaban J connectivity index is 1.22. The van der Waals surface area contributed by atoms with Crippen LogP contribution in [0, 0.1) is 0 Å². The fraction of sp³-hybridized carbons (Fsp3) is 0.0476. The van der Waals surface area contributed by atoms with Gasteiger partial charge in [0.25, 0.3) is 0 Å². The monoisotopic (exact) mass is 562 g/mol. The number of fused-ring (bicyclic) bond motifs is 6. The molecule has 0 aliphatic heterocycles. The van der Waals surface area contributed by atoms with E-state index in [2.05, 4.69) is 167 Å². The highest BCUT2D eigenvalue weighted by Gasteiger charge is 2.20. The maximum atomic E-state index is 2.49. The average molecular weight is 563 g/mol. The SMILES string of the molecule is C1=Cc2c(n(-c3ccc4c(c3)c3ccccc3n4-c3cccc(-c4cccc(-c5ccccc5)c4)c3)c3ccccc23)CC1. The van der Waals surface area contributed by atoms with E-state index in [0.717, 1.165) is 12.8 Å². The van der Waals surface area contributed by atoms with E-state index in [4.69, 9.17) is 0 Å². The topological polar surface area (TPSA) is 9.86 Å². The fourth-order valence-electron chi connectivity index (χ4n) is 7.18. The second kappa shape index (κ2) is 10.00. The van der Waals surface area contributed by atoms with Gasteiger partial charge in [0.05, 0.1) is 16.6 Å². The first-order valence-electron chi connectivity index (χ1n) is 15.4. The molecule has 0 N–H and O–H groups in total. The maximum Gasteiger partial charge on any atom is 0.0542 e. The summed E-state index contributed by atoms with van der Waals surface area (Å²) in [4.78, 5) is 0. The smallest absolute Gasteiger partial charge is 0.0542 e. The van der Waals surface area contributed by atoms with Crippen molar-refractivity contribution in [1.29, 1.82) is 0 Å². The van der Waals surface area contributed by atoms with Crippen LogP contribution in [0.2, 0.25) is 0 Å². The third-order valence-electron chi connectivity index (χ3n) is 9.17. The number of nitrogens with zero attached hydrogens (tertiary/aromatic N) is 2. The Hall–Kier alpha value is -5.60. The minimum absolute atomic E-state index is 1.05. The Morgan fingerprint density at radius 3 is 1.86 bits per heavy atom. The Labute approximate surface area is 256 Å². The van der Waals surface area contributed by atoms with Crippen LogP contribution in [0.15, 0.2) is 152 Å². The predicted molar refractivity (Wildman–Crippen MR) is 186 cm³/mol. The van der Waals surface area contributed by atoms with E-state index in [1.807, 2.05) is 0 Å². The number of para-hydroxylation sites is 2. The summed E-state index contributed by atoms with van der Waals surface area (Å²) in [5, 5.41) is 3.87. The Morgan fingerprint density at radius 1 is 0.409 bits per heavy atom. The van der Waals surface area contributed by atoms with E-state index in [0.29, 0.717) is 0 Å². The molecule has 0 unspecified atom stereocenters. The van der Waals surface area contributed by atoms with Crippen molar-refractivity contribution in [1.82, 2.24) is 9.13 Å². The van der Waals surface area contributed by atoms with Crippen molar-refractivity contribution in [2.75, 3.05) is 0 Å². The Bertz CT molecular complexity index is 2380. The number of allylic oxidation sites excluding steroid dienone is 1. The van der Waals surface area contributed by atoms with Gasteiger partial charge in [-0.3, -0.25) is 0 Å². The standard InChI is InChI=1S/C42H30N2/c1-2-12-29(13-3-1)30-14-10-15-31(26-30)32-16-11-17-33(27-32)43-41-23-9-6-20-37(41)38-28-34(24-25-42(38)43)44-39-21-7-4-18-35(39)36-19-5-8-22-40(36)44/h1-7,9-21,23-28H,8,22H2. The van der Waals surface area contributed by atoms with Crippen molar-refractivity contribution in [3.8, 4) is 33.6 Å². The quantitative estimate of drug-likeness (QED) is 0.202. The normalized spacial score (nSPS) is 12.7. The second-order valence-corrected chi connectivity index (χ2v) is 11.7. The molecule has 0 radical (unpaired) electrons. The van der Waals surface area contributed by atoms with Crippen LogP contribution in [0.5, 0.6) is 0 Å². The van der Waals surface area contributed by atoms with Crippen LogP contribution >= 0.6 is 0 Å². The highest BCUT2D eigenvalue weighted by molar-refractivity contribution is 6.10. The van der Waals surface area contributed by atoms with Crippen LogP contribution in [0.25, 0.3) is 72.4 Å². The van der Waals surface area contributed by atoms with Crippen molar-refractivity contribution in [2.24, 2.45) is 0 Å². The van der Waals surface area contributed by atoms with Gasteiger partial charge in [-0.2, -0.15) is 0 Å². The number of aromatic nitrogens is 2. The summed E-state index contributed by atoms with van der Waals surface area (Å²) in [5.41, 5.74) is 13.8. The summed E-state index contributed by atoms with van der Waals surface area (Å²) in [6.45, 7) is 0. The first-order valence-corrected chi connectivity index (χ1v) is 15.4. The summed E-state index contributed by atoms with van der Waals surface area (Å²) in [6, 6.07) is 53.0. The summed E-state index contributed by atoms with van der Waals surface area (Å²) in [7, 11) is 0. The van der Waals surface area contributed by atoms with Gasteiger partial charge in [-0.15, -0.1) is 0 Å². The molecule has 2 heterocycles. The first kappa shape index (κ1) is 24.9. The zero-order chi connectivity index (χ0) is 29.0. The summed E-state index contributed by atoms with van der Waals surface area (Å²) < 4.78 is 4.91. The molecular formula is C42H30N2. The number of hydrogen-bond acceptors (Lipinski definition) is 0. The molecule has 1 aliphatic carbocycles. The van der Waals surface area contributed by atoms with E-state index < -0.39 is 0 Å². The molecule has 0 amide bonds. The Kier molecular flexibility index (Phi) is 5.67. The van der Waals surface area contributed by atoms with Gasteiger partial charge in [-0.1, -0.05) is 109 Å². The molecule has 2 aromatic heterocycles. The minimum atomic E-state index is 1.05. The van der Waals surface area contributed by atoms with Crippen molar-refractivity contribution < 1.29 is 0 Å². The Morgan fingerprint density at radius 2 is 1.02 bits per heavy atom. The molecule has 0 saturated carbocycles. The summed E-state index contributed by atoms with van der Waals surface area (Å²) in [5.74, 6) is 0. The highest BCUT2D eigenvalue weighted by atomic mass is 15.0. The molecule has 0 bridgehead atoms. The molecule has 9 rings (SSSR count). The molecule has 0 atom stereocenters. The van der Waals surface area contributed by atoms with Crippen molar-refractivity contribution in [3.63, 3.8) is 0 Å². The van der Waals surface area contributed by atoms with Gasteiger partial charge in [0.2, 0.25) is 0 Å². The number of rotatable bonds is 4. The molecule has 1 aliphatic rings. The van der Waals surface area contributed by atoms with Crippen molar-refractivity contribution in [2.45, 2.75) is 12.8 Å². The van der Waals surface area contributed by atoms with E-state index in [1.165, 1.54) is 77.6 Å². The predicted octanol–water partition coefficient (Wildman–Crippen LogP) is 11.0. The van der Waals surface area contributed by atoms with Gasteiger partial charge in [0.15, 0.2) is 0 Å². The van der Waals surface area contributed by atoms with Gasteiger partial charge < -0.3 is 9.13 Å². The third-order valence-corrected chi connectivity index (χ3v) is 9.17. The minimum Gasteiger partial charge on any atom is -0.313 e. The van der Waals surface area contributed by atoms with Gasteiger partial charge in [-0.05, 0) is 83.6 Å². The summed E-state index contributed by atoms with van der Waals surface area (Å²) >= 11 is 0. The lowest BCUT2D eigenvalue weighted by Crippen LogP contribution is -2.03. The largest absolute Gasteiger partial charge is 0.313 e. The molecule has 0 fully saturated rings. The second-order valence-electron chi connectivity index (χ2n) is 11.7. The molecule has 2 heteroatoms. The maximum absolute atomic E-state index is 2.49. The van der Waals surface area contributed by atoms with E-state index in [-0.39, 0.29) is 0 Å². The van der Waals surface area contributed by atoms with Crippen LogP contribution in [0.3, 0.4) is 0 Å². The molecule has 2 nitrogen and oxygen atoms in total. The molecule has 8 aromatic rings. The number of hydrogen-bond donors (Lipinski definition) is 0.